The number of aryl methyl sites for hydroxylation is 1. The monoisotopic (exact) mass is 251 g/mol. The van der Waals surface area contributed by atoms with E-state index >= 15 is 0 Å². The molecule has 0 bridgehead atoms. The van der Waals surface area contributed by atoms with Crippen LogP contribution < -0.4 is 0 Å². The number of rotatable bonds is 4. The largest absolute Gasteiger partial charge is 0.476 e. The van der Waals surface area contributed by atoms with Gasteiger partial charge in [0, 0.05) is 6.92 Å². The van der Waals surface area contributed by atoms with Crippen molar-refractivity contribution in [2.45, 2.75) is 33.2 Å². The highest BCUT2D eigenvalue weighted by Gasteiger charge is 2.22. The molecule has 0 aliphatic carbocycles. The van der Waals surface area contributed by atoms with Gasteiger partial charge in [0.15, 0.2) is 11.5 Å². The summed E-state index contributed by atoms with van der Waals surface area (Å²) in [5.74, 6) is -0.209. The number of hydrogen-bond donors (Lipinski definition) is 1. The molecule has 96 valence electrons. The zero-order valence-electron chi connectivity index (χ0n) is 10.3. The normalized spacial score (nSPS) is 11.1. The summed E-state index contributed by atoms with van der Waals surface area (Å²) in [5, 5.41) is 20.3. The molecular formula is C10H13N5O3. The van der Waals surface area contributed by atoms with Crippen molar-refractivity contribution in [2.24, 2.45) is 0 Å². The minimum absolute atomic E-state index is 0.0147. The summed E-state index contributed by atoms with van der Waals surface area (Å²) in [5.41, 5.74) is 0.509. The van der Waals surface area contributed by atoms with Gasteiger partial charge in [-0.2, -0.15) is 4.98 Å². The van der Waals surface area contributed by atoms with Crippen LogP contribution in [0.15, 0.2) is 4.52 Å². The Hall–Kier alpha value is -2.25. The summed E-state index contributed by atoms with van der Waals surface area (Å²) < 4.78 is 6.34. The molecule has 0 aliphatic heterocycles. The maximum absolute atomic E-state index is 11.0. The van der Waals surface area contributed by atoms with Gasteiger partial charge in [-0.1, -0.05) is 24.2 Å². The fourth-order valence-electron chi connectivity index (χ4n) is 1.70. The Balaban J connectivity index is 2.36. The molecule has 0 saturated heterocycles. The van der Waals surface area contributed by atoms with Gasteiger partial charge in [-0.05, 0) is 5.92 Å². The molecule has 0 unspecified atom stereocenters. The summed E-state index contributed by atoms with van der Waals surface area (Å²) in [6.07, 6.45) is 0. The van der Waals surface area contributed by atoms with Crippen LogP contribution in [0, 0.1) is 6.92 Å². The minimum Gasteiger partial charge on any atom is -0.476 e. The standard InChI is InChI=1S/C10H13N5O3/c1-5(2)9-8(10(16)17)12-14-15(9)4-7-11-6(3)18-13-7/h5H,4H2,1-3H3,(H,16,17). The molecule has 0 aliphatic rings. The van der Waals surface area contributed by atoms with E-state index in [1.807, 2.05) is 13.8 Å². The van der Waals surface area contributed by atoms with E-state index in [9.17, 15) is 4.79 Å². The molecule has 2 aromatic rings. The third-order valence-corrected chi connectivity index (χ3v) is 2.38. The van der Waals surface area contributed by atoms with Crippen molar-refractivity contribution in [3.8, 4) is 0 Å². The number of aromatic carboxylic acids is 1. The summed E-state index contributed by atoms with van der Waals surface area (Å²) in [4.78, 5) is 15.1. The summed E-state index contributed by atoms with van der Waals surface area (Å²) >= 11 is 0. The van der Waals surface area contributed by atoms with Crippen molar-refractivity contribution in [1.82, 2.24) is 25.1 Å². The highest BCUT2D eigenvalue weighted by Crippen LogP contribution is 2.18. The first-order valence-electron chi connectivity index (χ1n) is 5.45. The maximum Gasteiger partial charge on any atom is 0.358 e. The zero-order chi connectivity index (χ0) is 13.3. The molecule has 2 rings (SSSR count). The SMILES string of the molecule is Cc1nc(Cn2nnc(C(=O)O)c2C(C)C)no1. The molecule has 2 heterocycles. The second-order valence-corrected chi connectivity index (χ2v) is 4.17. The second kappa shape index (κ2) is 4.55. The smallest absolute Gasteiger partial charge is 0.358 e. The highest BCUT2D eigenvalue weighted by molar-refractivity contribution is 5.86. The van der Waals surface area contributed by atoms with E-state index in [0.29, 0.717) is 17.4 Å². The lowest BCUT2D eigenvalue weighted by molar-refractivity contribution is 0.0688. The molecule has 0 spiro atoms. The fourth-order valence-corrected chi connectivity index (χ4v) is 1.70. The van der Waals surface area contributed by atoms with Gasteiger partial charge in [0.25, 0.3) is 0 Å². The van der Waals surface area contributed by atoms with Crippen molar-refractivity contribution >= 4 is 5.97 Å². The topological polar surface area (TPSA) is 107 Å². The van der Waals surface area contributed by atoms with Gasteiger partial charge in [-0.15, -0.1) is 5.10 Å². The summed E-state index contributed by atoms with van der Waals surface area (Å²) in [6.45, 7) is 5.68. The van der Waals surface area contributed by atoms with Crippen molar-refractivity contribution in [1.29, 1.82) is 0 Å². The molecule has 2 aromatic heterocycles. The Morgan fingerprint density at radius 1 is 1.50 bits per heavy atom. The maximum atomic E-state index is 11.0. The molecule has 8 heteroatoms. The van der Waals surface area contributed by atoms with Gasteiger partial charge in [0.05, 0.1) is 5.69 Å². The summed E-state index contributed by atoms with van der Waals surface area (Å²) in [7, 11) is 0. The van der Waals surface area contributed by atoms with Gasteiger partial charge in [-0.25, -0.2) is 9.48 Å². The van der Waals surface area contributed by atoms with Crippen molar-refractivity contribution in [3.63, 3.8) is 0 Å². The molecule has 18 heavy (non-hydrogen) atoms. The number of aromatic nitrogens is 5. The van der Waals surface area contributed by atoms with E-state index in [4.69, 9.17) is 9.63 Å². The Bertz CT molecular complexity index is 572. The fraction of sp³-hybridized carbons (Fsp3) is 0.500. The summed E-state index contributed by atoms with van der Waals surface area (Å²) in [6, 6.07) is 0. The molecule has 0 fully saturated rings. The lowest BCUT2D eigenvalue weighted by Gasteiger charge is -2.07. The van der Waals surface area contributed by atoms with Crippen LogP contribution in [-0.4, -0.2) is 36.2 Å². The molecule has 8 nitrogen and oxygen atoms in total. The van der Waals surface area contributed by atoms with E-state index < -0.39 is 5.97 Å². The van der Waals surface area contributed by atoms with Gasteiger partial charge in [0.2, 0.25) is 5.89 Å². The molecule has 0 saturated carbocycles. The van der Waals surface area contributed by atoms with Gasteiger partial charge in [-0.3, -0.25) is 0 Å². The quantitative estimate of drug-likeness (QED) is 0.857. The van der Waals surface area contributed by atoms with Gasteiger partial charge >= 0.3 is 5.97 Å². The van der Waals surface area contributed by atoms with E-state index in [1.165, 1.54) is 4.68 Å². The Labute approximate surface area is 103 Å². The number of carboxylic acids is 1. The molecule has 1 N–H and O–H groups in total. The van der Waals surface area contributed by atoms with E-state index in [1.54, 1.807) is 6.92 Å². The molecule has 0 aromatic carbocycles. The Morgan fingerprint density at radius 2 is 2.22 bits per heavy atom. The number of hydrogen-bond acceptors (Lipinski definition) is 6. The number of carboxylic acid groups (broad SMARTS) is 1. The van der Waals surface area contributed by atoms with Crippen LogP contribution in [0.4, 0.5) is 0 Å². The minimum atomic E-state index is -1.09. The van der Waals surface area contributed by atoms with E-state index in [0.717, 1.165) is 0 Å². The average molecular weight is 251 g/mol. The van der Waals surface area contributed by atoms with Crippen molar-refractivity contribution < 1.29 is 14.4 Å². The van der Waals surface area contributed by atoms with Crippen molar-refractivity contribution in [3.05, 3.63) is 23.1 Å². The predicted molar refractivity (Wildman–Crippen MR) is 59.2 cm³/mol. The van der Waals surface area contributed by atoms with Crippen LogP contribution in [0.2, 0.25) is 0 Å². The third kappa shape index (κ3) is 2.22. The van der Waals surface area contributed by atoms with E-state index in [2.05, 4.69) is 20.5 Å². The predicted octanol–water partition coefficient (Wildman–Crippen LogP) is 0.839. The average Bonchev–Trinajstić information content (AvgIpc) is 2.85. The second-order valence-electron chi connectivity index (χ2n) is 4.17. The van der Waals surface area contributed by atoms with Crippen LogP contribution in [-0.2, 0) is 6.54 Å². The third-order valence-electron chi connectivity index (χ3n) is 2.38. The van der Waals surface area contributed by atoms with Crippen molar-refractivity contribution in [2.75, 3.05) is 0 Å². The lowest BCUT2D eigenvalue weighted by atomic mass is 10.1. The molecule has 0 amide bonds. The Kier molecular flexibility index (Phi) is 3.09. The van der Waals surface area contributed by atoms with Crippen LogP contribution >= 0.6 is 0 Å². The Morgan fingerprint density at radius 3 is 2.72 bits per heavy atom. The van der Waals surface area contributed by atoms with Crippen LogP contribution in [0.1, 0.15) is 47.7 Å². The molecule has 0 atom stereocenters. The molecular weight excluding hydrogens is 238 g/mol. The lowest BCUT2D eigenvalue weighted by Crippen LogP contribution is -2.11. The first kappa shape index (κ1) is 12.2. The first-order chi connectivity index (χ1) is 8.49. The van der Waals surface area contributed by atoms with E-state index in [-0.39, 0.29) is 18.2 Å². The number of nitrogens with zero attached hydrogens (tertiary/aromatic N) is 5. The van der Waals surface area contributed by atoms with Crippen LogP contribution in [0.3, 0.4) is 0 Å². The van der Waals surface area contributed by atoms with Crippen LogP contribution in [0.25, 0.3) is 0 Å². The van der Waals surface area contributed by atoms with Gasteiger partial charge < -0.3 is 9.63 Å². The molecule has 0 radical (unpaired) electrons. The van der Waals surface area contributed by atoms with Gasteiger partial charge in [0.1, 0.15) is 6.54 Å². The van der Waals surface area contributed by atoms with Crippen LogP contribution in [0.5, 0.6) is 0 Å². The zero-order valence-corrected chi connectivity index (χ0v) is 10.3. The first-order valence-corrected chi connectivity index (χ1v) is 5.45. The highest BCUT2D eigenvalue weighted by atomic mass is 16.5. The number of carbonyl (C=O) groups is 1.